The quantitative estimate of drug-likeness (QED) is 0.749. The average molecular weight is 337 g/mol. The van der Waals surface area contributed by atoms with Gasteiger partial charge in [-0.05, 0) is 44.0 Å². The second-order valence-electron chi connectivity index (χ2n) is 5.72. The molecule has 3 rings (SSSR count). The Labute approximate surface area is 145 Å². The number of amides is 1. The van der Waals surface area contributed by atoms with E-state index in [4.69, 9.17) is 9.26 Å². The molecule has 128 valence electrons. The first kappa shape index (κ1) is 16.7. The van der Waals surface area contributed by atoms with Gasteiger partial charge in [0.15, 0.2) is 0 Å². The van der Waals surface area contributed by atoms with Crippen LogP contribution < -0.4 is 5.32 Å². The molecule has 2 aromatic heterocycles. The minimum atomic E-state index is -0.570. The van der Waals surface area contributed by atoms with E-state index in [1.54, 1.807) is 25.3 Å². The van der Waals surface area contributed by atoms with E-state index in [1.165, 1.54) is 0 Å². The second kappa shape index (κ2) is 7.17. The van der Waals surface area contributed by atoms with Gasteiger partial charge in [-0.25, -0.2) is 4.79 Å². The molecule has 1 amide bonds. The Morgan fingerprint density at radius 2 is 1.92 bits per heavy atom. The van der Waals surface area contributed by atoms with Crippen molar-refractivity contribution >= 4 is 11.8 Å². The summed E-state index contributed by atoms with van der Waals surface area (Å²) in [5, 5.41) is 6.63. The van der Waals surface area contributed by atoms with E-state index in [1.807, 2.05) is 44.2 Å². The molecule has 2 heterocycles. The Kier molecular flexibility index (Phi) is 4.79. The molecule has 3 aromatic rings. The number of carbonyl (C=O) groups excluding carboxylic acids is 1. The van der Waals surface area contributed by atoms with Crippen LogP contribution in [0.5, 0.6) is 0 Å². The Hall–Kier alpha value is -3.15. The molecule has 1 atom stereocenters. The third-order valence-corrected chi connectivity index (χ3v) is 3.90. The fourth-order valence-electron chi connectivity index (χ4n) is 2.59. The number of hydrogen-bond donors (Lipinski definition) is 1. The van der Waals surface area contributed by atoms with Crippen molar-refractivity contribution in [3.05, 3.63) is 65.5 Å². The number of aromatic nitrogens is 2. The van der Waals surface area contributed by atoms with Crippen LogP contribution in [-0.2, 0) is 4.74 Å². The number of nitrogens with zero attached hydrogens (tertiary/aromatic N) is 2. The van der Waals surface area contributed by atoms with Crippen molar-refractivity contribution in [2.45, 2.75) is 26.9 Å². The number of hydrogen-bond acceptors (Lipinski definition) is 5. The summed E-state index contributed by atoms with van der Waals surface area (Å²) in [4.78, 5) is 16.5. The van der Waals surface area contributed by atoms with Crippen LogP contribution in [0.2, 0.25) is 0 Å². The lowest BCUT2D eigenvalue weighted by molar-refractivity contribution is 0.121. The second-order valence-corrected chi connectivity index (χ2v) is 5.72. The van der Waals surface area contributed by atoms with Crippen LogP contribution >= 0.6 is 0 Å². The fraction of sp³-hybridized carbons (Fsp3) is 0.211. The van der Waals surface area contributed by atoms with Gasteiger partial charge in [0.05, 0.1) is 0 Å². The standard InChI is InChI=1S/C19H19N3O3/c1-12-8-4-5-9-15(12)14(3)24-19(23)21-17-13(2)22-25-18(17)16-10-6-7-11-20-16/h4-11,14H,1-3H3,(H,21,23). The topological polar surface area (TPSA) is 77.2 Å². The molecule has 0 saturated heterocycles. The Balaban J connectivity index is 1.76. The molecule has 0 aliphatic rings. The summed E-state index contributed by atoms with van der Waals surface area (Å²) in [6, 6.07) is 13.2. The van der Waals surface area contributed by atoms with Gasteiger partial charge in [-0.1, -0.05) is 35.5 Å². The van der Waals surface area contributed by atoms with Crippen molar-refractivity contribution in [2.24, 2.45) is 0 Å². The smallest absolute Gasteiger partial charge is 0.412 e. The largest absolute Gasteiger partial charge is 0.441 e. The van der Waals surface area contributed by atoms with Crippen molar-refractivity contribution in [3.63, 3.8) is 0 Å². The highest BCUT2D eigenvalue weighted by molar-refractivity contribution is 5.90. The average Bonchev–Trinajstić information content (AvgIpc) is 2.96. The summed E-state index contributed by atoms with van der Waals surface area (Å²) < 4.78 is 10.8. The molecule has 6 heteroatoms. The molecule has 25 heavy (non-hydrogen) atoms. The van der Waals surface area contributed by atoms with Gasteiger partial charge in [0.2, 0.25) is 5.76 Å². The molecule has 0 aliphatic heterocycles. The SMILES string of the molecule is Cc1ccccc1C(C)OC(=O)Nc1c(C)noc1-c1ccccn1. The molecule has 0 bridgehead atoms. The number of benzene rings is 1. The van der Waals surface area contributed by atoms with Gasteiger partial charge in [0, 0.05) is 6.20 Å². The van der Waals surface area contributed by atoms with Crippen LogP contribution in [0.3, 0.4) is 0 Å². The predicted octanol–water partition coefficient (Wildman–Crippen LogP) is 4.66. The molecule has 1 N–H and O–H groups in total. The molecular weight excluding hydrogens is 318 g/mol. The van der Waals surface area contributed by atoms with E-state index in [9.17, 15) is 4.79 Å². The Morgan fingerprint density at radius 1 is 1.16 bits per heavy atom. The maximum Gasteiger partial charge on any atom is 0.412 e. The Bertz CT molecular complexity index is 875. The predicted molar refractivity (Wildman–Crippen MR) is 94.2 cm³/mol. The molecule has 0 spiro atoms. The first-order valence-corrected chi connectivity index (χ1v) is 7.97. The lowest BCUT2D eigenvalue weighted by Crippen LogP contribution is -2.17. The molecule has 1 aromatic carbocycles. The lowest BCUT2D eigenvalue weighted by atomic mass is 10.1. The van der Waals surface area contributed by atoms with Gasteiger partial charge >= 0.3 is 6.09 Å². The van der Waals surface area contributed by atoms with Crippen molar-refractivity contribution in [1.82, 2.24) is 10.1 Å². The highest BCUT2D eigenvalue weighted by atomic mass is 16.6. The summed E-state index contributed by atoms with van der Waals surface area (Å²) in [6.07, 6.45) is 0.703. The minimum absolute atomic E-state index is 0.375. The van der Waals surface area contributed by atoms with Crippen molar-refractivity contribution < 1.29 is 14.1 Å². The van der Waals surface area contributed by atoms with E-state index in [-0.39, 0.29) is 6.10 Å². The van der Waals surface area contributed by atoms with Crippen LogP contribution in [0.1, 0.15) is 29.8 Å². The number of anilines is 1. The van der Waals surface area contributed by atoms with E-state index in [0.717, 1.165) is 11.1 Å². The first-order valence-electron chi connectivity index (χ1n) is 7.97. The van der Waals surface area contributed by atoms with E-state index in [2.05, 4.69) is 15.5 Å². The summed E-state index contributed by atoms with van der Waals surface area (Å²) in [6.45, 7) is 5.56. The number of nitrogens with one attached hydrogen (secondary N) is 1. The van der Waals surface area contributed by atoms with Gasteiger partial charge in [-0.15, -0.1) is 0 Å². The van der Waals surface area contributed by atoms with Gasteiger partial charge in [-0.2, -0.15) is 0 Å². The highest BCUT2D eigenvalue weighted by Crippen LogP contribution is 2.30. The van der Waals surface area contributed by atoms with Crippen molar-refractivity contribution in [1.29, 1.82) is 0 Å². The summed E-state index contributed by atoms with van der Waals surface area (Å²) in [5.74, 6) is 0.401. The minimum Gasteiger partial charge on any atom is -0.441 e. The van der Waals surface area contributed by atoms with Crippen molar-refractivity contribution in [2.75, 3.05) is 5.32 Å². The maximum atomic E-state index is 12.3. The highest BCUT2D eigenvalue weighted by Gasteiger charge is 2.20. The monoisotopic (exact) mass is 337 g/mol. The van der Waals surface area contributed by atoms with Crippen LogP contribution in [0, 0.1) is 13.8 Å². The number of ether oxygens (including phenoxy) is 1. The molecule has 0 aliphatic carbocycles. The lowest BCUT2D eigenvalue weighted by Gasteiger charge is -2.16. The van der Waals surface area contributed by atoms with E-state index < -0.39 is 6.09 Å². The van der Waals surface area contributed by atoms with Crippen molar-refractivity contribution in [3.8, 4) is 11.5 Å². The number of rotatable bonds is 4. The zero-order valence-electron chi connectivity index (χ0n) is 14.3. The molecular formula is C19H19N3O3. The fourth-order valence-corrected chi connectivity index (χ4v) is 2.59. The number of pyridine rings is 1. The number of carbonyl (C=O) groups is 1. The van der Waals surface area contributed by atoms with Crippen LogP contribution in [-0.4, -0.2) is 16.2 Å². The Morgan fingerprint density at radius 3 is 2.64 bits per heavy atom. The molecule has 0 fully saturated rings. The van der Waals surface area contributed by atoms with Gasteiger partial charge in [-0.3, -0.25) is 10.3 Å². The summed E-state index contributed by atoms with van der Waals surface area (Å²) in [7, 11) is 0. The molecule has 0 saturated carbocycles. The first-order chi connectivity index (χ1) is 12.1. The zero-order chi connectivity index (χ0) is 17.8. The van der Waals surface area contributed by atoms with Crippen LogP contribution in [0.4, 0.5) is 10.5 Å². The van der Waals surface area contributed by atoms with E-state index in [0.29, 0.717) is 22.8 Å². The van der Waals surface area contributed by atoms with Gasteiger partial charge < -0.3 is 9.26 Å². The third kappa shape index (κ3) is 3.68. The normalized spacial score (nSPS) is 11.8. The number of aryl methyl sites for hydroxylation is 2. The molecule has 0 radical (unpaired) electrons. The van der Waals surface area contributed by atoms with Crippen LogP contribution in [0.25, 0.3) is 11.5 Å². The zero-order valence-corrected chi connectivity index (χ0v) is 14.3. The molecule has 1 unspecified atom stereocenters. The maximum absolute atomic E-state index is 12.3. The summed E-state index contributed by atoms with van der Waals surface area (Å²) >= 11 is 0. The summed E-state index contributed by atoms with van der Waals surface area (Å²) in [5.41, 5.74) is 3.63. The van der Waals surface area contributed by atoms with E-state index >= 15 is 0 Å². The van der Waals surface area contributed by atoms with Crippen LogP contribution in [0.15, 0.2) is 53.2 Å². The molecule has 6 nitrogen and oxygen atoms in total. The van der Waals surface area contributed by atoms with Gasteiger partial charge in [0.25, 0.3) is 0 Å². The third-order valence-electron chi connectivity index (χ3n) is 3.90. The van der Waals surface area contributed by atoms with Gasteiger partial charge in [0.1, 0.15) is 23.2 Å².